The Balaban J connectivity index is 1.18. The van der Waals surface area contributed by atoms with E-state index < -0.39 is 35.6 Å². The Morgan fingerprint density at radius 1 is 1.04 bits per heavy atom. The maximum absolute atomic E-state index is 15.3. The third kappa shape index (κ3) is 9.10. The van der Waals surface area contributed by atoms with Crippen molar-refractivity contribution in [1.29, 1.82) is 5.26 Å². The lowest BCUT2D eigenvalue weighted by Gasteiger charge is -2.25. The molecule has 1 aromatic heterocycles. The summed E-state index contributed by atoms with van der Waals surface area (Å²) in [6.45, 7) is 7.34. The Labute approximate surface area is 282 Å². The molecule has 4 aromatic rings. The fourth-order valence-corrected chi connectivity index (χ4v) is 5.24. The molecule has 5 rings (SSSR count). The van der Waals surface area contributed by atoms with Crippen molar-refractivity contribution in [3.05, 3.63) is 83.7 Å². The molecule has 49 heavy (non-hydrogen) atoms. The molecule has 2 heterocycles. The zero-order valence-electron chi connectivity index (χ0n) is 27.3. The van der Waals surface area contributed by atoms with Crippen molar-refractivity contribution in [1.82, 2.24) is 20.4 Å². The van der Waals surface area contributed by atoms with Gasteiger partial charge >= 0.3 is 18.1 Å². The largest absolute Gasteiger partial charge is 0.480 e. The molecule has 0 radical (unpaired) electrons. The van der Waals surface area contributed by atoms with Crippen LogP contribution in [0.3, 0.4) is 0 Å². The first-order valence-electron chi connectivity index (χ1n) is 15.6. The second kappa shape index (κ2) is 14.8. The number of aromatic nitrogens is 2. The monoisotopic (exact) mass is 669 g/mol. The molecule has 1 fully saturated rings. The molecule has 254 valence electrons. The molecular formula is C35H36FN7O6. The molecule has 1 saturated heterocycles. The van der Waals surface area contributed by atoms with Gasteiger partial charge in [0.2, 0.25) is 5.82 Å². The van der Waals surface area contributed by atoms with E-state index in [4.69, 9.17) is 14.5 Å². The number of carboxylic acids is 1. The molecule has 3 N–H and O–H groups in total. The van der Waals surface area contributed by atoms with Crippen molar-refractivity contribution in [2.75, 3.05) is 36.4 Å². The summed E-state index contributed by atoms with van der Waals surface area (Å²) in [5, 5.41) is 28.0. The Kier molecular flexibility index (Phi) is 10.4. The van der Waals surface area contributed by atoms with Crippen molar-refractivity contribution in [2.24, 2.45) is 0 Å². The highest BCUT2D eigenvalue weighted by molar-refractivity contribution is 5.85. The highest BCUT2D eigenvalue weighted by atomic mass is 19.1. The first kappa shape index (κ1) is 34.4. The van der Waals surface area contributed by atoms with Gasteiger partial charge in [-0.15, -0.1) is 0 Å². The number of rotatable bonds is 8. The van der Waals surface area contributed by atoms with Crippen molar-refractivity contribution >= 4 is 29.5 Å². The lowest BCUT2D eigenvalue weighted by molar-refractivity contribution is -0.139. The van der Waals surface area contributed by atoms with E-state index >= 15 is 4.39 Å². The van der Waals surface area contributed by atoms with E-state index in [0.717, 1.165) is 5.69 Å². The van der Waals surface area contributed by atoms with Crippen LogP contribution in [0.5, 0.6) is 0 Å². The topological polar surface area (TPSA) is 174 Å². The van der Waals surface area contributed by atoms with Gasteiger partial charge in [-0.25, -0.2) is 18.8 Å². The lowest BCUT2D eigenvalue weighted by atomic mass is 10.0. The molecular weight excluding hydrogens is 633 g/mol. The Bertz CT molecular complexity index is 1850. The van der Waals surface area contributed by atoms with Crippen molar-refractivity contribution in [3.63, 3.8) is 0 Å². The maximum atomic E-state index is 15.3. The second-order valence-electron chi connectivity index (χ2n) is 12.5. The number of carboxylic acid groups (broad SMARTS) is 1. The van der Waals surface area contributed by atoms with E-state index in [0.29, 0.717) is 55.0 Å². The molecule has 0 spiro atoms. The molecule has 1 aliphatic rings. The van der Waals surface area contributed by atoms with Crippen LogP contribution in [0.15, 0.2) is 71.3 Å². The molecule has 1 unspecified atom stereocenters. The smallest absolute Gasteiger partial charge is 0.412 e. The third-order valence-electron chi connectivity index (χ3n) is 7.66. The predicted molar refractivity (Wildman–Crippen MR) is 178 cm³/mol. The average molecular weight is 670 g/mol. The van der Waals surface area contributed by atoms with Crippen molar-refractivity contribution < 1.29 is 33.1 Å². The predicted octanol–water partition coefficient (Wildman–Crippen LogP) is 5.68. The average Bonchev–Trinajstić information content (AvgIpc) is 3.41. The number of hydrogen-bond acceptors (Lipinski definition) is 9. The van der Waals surface area contributed by atoms with Crippen LogP contribution < -0.4 is 15.5 Å². The number of amides is 3. The van der Waals surface area contributed by atoms with Gasteiger partial charge in [0, 0.05) is 49.5 Å². The van der Waals surface area contributed by atoms with Crippen LogP contribution in [-0.4, -0.2) is 76.1 Å². The molecule has 3 amide bonds. The second-order valence-corrected chi connectivity index (χ2v) is 12.5. The summed E-state index contributed by atoms with van der Waals surface area (Å²) in [6, 6.07) is 18.2. The van der Waals surface area contributed by atoms with Gasteiger partial charge in [-0.05, 0) is 93.4 Å². The molecule has 13 nitrogen and oxygen atoms in total. The first-order chi connectivity index (χ1) is 23.4. The number of nitrogens with one attached hydrogen (secondary N) is 2. The van der Waals surface area contributed by atoms with Crippen molar-refractivity contribution in [3.8, 4) is 28.9 Å². The van der Waals surface area contributed by atoms with E-state index in [-0.39, 0.29) is 23.7 Å². The zero-order chi connectivity index (χ0) is 35.1. The van der Waals surface area contributed by atoms with Gasteiger partial charge in [0.15, 0.2) is 0 Å². The van der Waals surface area contributed by atoms with Gasteiger partial charge < -0.3 is 29.5 Å². The molecule has 0 saturated carbocycles. The van der Waals surface area contributed by atoms with Gasteiger partial charge in [-0.2, -0.15) is 10.2 Å². The first-order valence-corrected chi connectivity index (χ1v) is 15.6. The number of carbonyl (C=O) groups excluding carboxylic acids is 2. The van der Waals surface area contributed by atoms with Crippen LogP contribution in [0, 0.1) is 17.1 Å². The maximum Gasteiger partial charge on any atom is 0.412 e. The summed E-state index contributed by atoms with van der Waals surface area (Å²) in [4.78, 5) is 45.2. The standard InChI is InChI=1S/C35H36FN7O6/c1-35(2,3)48-34(47)38-25-10-8-24(9-11-25)31-40-30(41-49-31)27-14-7-23(19-28(27)36)20-29(32(44)45)39-33(46)43-16-4-15-42(17-18-43)26-12-5-22(21-37)6-13-26/h5-14,19,29H,4,15-18,20H2,1-3H3,(H,38,47)(H,39,46)(H,44,45). The third-order valence-corrected chi connectivity index (χ3v) is 7.66. The molecule has 1 atom stereocenters. The molecule has 14 heteroatoms. The number of hydrogen-bond donors (Lipinski definition) is 3. The number of anilines is 2. The minimum atomic E-state index is -1.29. The number of carbonyl (C=O) groups is 3. The van der Waals surface area contributed by atoms with Crippen LogP contribution >= 0.6 is 0 Å². The number of aliphatic carboxylic acids is 1. The summed E-state index contributed by atoms with van der Waals surface area (Å²) in [6.07, 6.45) is -0.0706. The normalized spacial score (nSPS) is 13.9. The molecule has 0 aliphatic carbocycles. The van der Waals surface area contributed by atoms with Gasteiger partial charge in [0.1, 0.15) is 17.5 Å². The van der Waals surface area contributed by atoms with E-state index in [1.165, 1.54) is 12.1 Å². The summed E-state index contributed by atoms with van der Waals surface area (Å²) >= 11 is 0. The fraction of sp³-hybridized carbons (Fsp3) is 0.314. The minimum absolute atomic E-state index is 0.00527. The number of nitriles is 1. The minimum Gasteiger partial charge on any atom is -0.480 e. The number of halogens is 1. The Morgan fingerprint density at radius 2 is 1.78 bits per heavy atom. The van der Waals surface area contributed by atoms with Crippen LogP contribution in [0.25, 0.3) is 22.8 Å². The molecule has 3 aromatic carbocycles. The lowest BCUT2D eigenvalue weighted by Crippen LogP contribution is -2.49. The summed E-state index contributed by atoms with van der Waals surface area (Å²) in [7, 11) is 0. The number of ether oxygens (including phenoxy) is 1. The van der Waals surface area contributed by atoms with Gasteiger partial charge in [-0.3, -0.25) is 5.32 Å². The van der Waals surface area contributed by atoms with Gasteiger partial charge in [0.25, 0.3) is 5.89 Å². The zero-order valence-corrected chi connectivity index (χ0v) is 27.3. The quantitative estimate of drug-likeness (QED) is 0.212. The SMILES string of the molecule is CC(C)(C)OC(=O)Nc1ccc(-c2nc(-c3ccc(CC(NC(=O)N4CCCN(c5ccc(C#N)cc5)CC4)C(=O)O)cc3F)no2)cc1. The number of nitrogens with zero attached hydrogens (tertiary/aromatic N) is 5. The van der Waals surface area contributed by atoms with Crippen molar-refractivity contribution in [2.45, 2.75) is 45.3 Å². The van der Waals surface area contributed by atoms with E-state index in [2.05, 4.69) is 31.7 Å². The molecule has 1 aliphatic heterocycles. The summed E-state index contributed by atoms with van der Waals surface area (Å²) in [5.74, 6) is -1.81. The highest BCUT2D eigenvalue weighted by Crippen LogP contribution is 2.26. The number of benzene rings is 3. The highest BCUT2D eigenvalue weighted by Gasteiger charge is 2.26. The van der Waals surface area contributed by atoms with Crippen LogP contribution in [-0.2, 0) is 16.0 Å². The van der Waals surface area contributed by atoms with Gasteiger partial charge in [-0.1, -0.05) is 11.2 Å². The van der Waals surface area contributed by atoms with Crippen LogP contribution in [0.4, 0.5) is 25.4 Å². The van der Waals surface area contributed by atoms with Crippen LogP contribution in [0.2, 0.25) is 0 Å². The Hall–Kier alpha value is -5.97. The van der Waals surface area contributed by atoms with E-state index in [9.17, 15) is 19.5 Å². The summed E-state index contributed by atoms with van der Waals surface area (Å²) < 4.78 is 25.9. The van der Waals surface area contributed by atoms with E-state index in [1.807, 2.05) is 12.1 Å². The Morgan fingerprint density at radius 3 is 2.43 bits per heavy atom. The number of urea groups is 1. The fourth-order valence-electron chi connectivity index (χ4n) is 5.24. The molecule has 0 bridgehead atoms. The van der Waals surface area contributed by atoms with E-state index in [1.54, 1.807) is 68.1 Å². The van der Waals surface area contributed by atoms with Crippen LogP contribution in [0.1, 0.15) is 38.3 Å². The summed E-state index contributed by atoms with van der Waals surface area (Å²) in [5.41, 5.74) is 2.30. The van der Waals surface area contributed by atoms with Gasteiger partial charge in [0.05, 0.1) is 17.2 Å².